The Hall–Kier alpha value is -1.33. The van der Waals surface area contributed by atoms with Gasteiger partial charge >= 0.3 is 0 Å². The molecule has 3 nitrogen and oxygen atoms in total. The van der Waals surface area contributed by atoms with Crippen LogP contribution in [0.1, 0.15) is 52.7 Å². The first-order chi connectivity index (χ1) is 11.9. The highest BCUT2D eigenvalue weighted by Crippen LogP contribution is 2.42. The van der Waals surface area contributed by atoms with Gasteiger partial charge in [0.05, 0.1) is 5.52 Å². The molecule has 0 spiro atoms. The van der Waals surface area contributed by atoms with Gasteiger partial charge in [0, 0.05) is 25.6 Å². The summed E-state index contributed by atoms with van der Waals surface area (Å²) in [6, 6.07) is 8.07. The normalized spacial score (nSPS) is 12.8. The highest BCUT2D eigenvalue weighted by Gasteiger charge is 2.27. The fourth-order valence-electron chi connectivity index (χ4n) is 3.08. The molecular formula is C21H24Br2N2O. The van der Waals surface area contributed by atoms with Crippen molar-refractivity contribution in [3.63, 3.8) is 0 Å². The highest BCUT2D eigenvalue weighted by molar-refractivity contribution is 9.11. The minimum absolute atomic E-state index is 0.173. The van der Waals surface area contributed by atoms with Gasteiger partial charge in [-0.2, -0.15) is 0 Å². The zero-order chi connectivity index (χ0) is 19.4. The van der Waals surface area contributed by atoms with E-state index < -0.39 is 0 Å². The summed E-state index contributed by atoms with van der Waals surface area (Å²) in [6.45, 7) is 12.7. The van der Waals surface area contributed by atoms with Gasteiger partial charge in [0.1, 0.15) is 17.1 Å². The van der Waals surface area contributed by atoms with E-state index in [0.29, 0.717) is 5.75 Å². The third-order valence-corrected chi connectivity index (χ3v) is 5.84. The van der Waals surface area contributed by atoms with E-state index in [-0.39, 0.29) is 10.8 Å². The molecule has 3 rings (SSSR count). The molecule has 0 aliphatic rings. The maximum atomic E-state index is 10.9. The van der Waals surface area contributed by atoms with Crippen molar-refractivity contribution >= 4 is 42.9 Å². The van der Waals surface area contributed by atoms with E-state index in [0.717, 1.165) is 42.5 Å². The standard InChI is InChI=1S/C21H24Br2N2O/c1-20(2,3)12-9-11(10-13(18(12)26)21(4,5)6)19-24-16-14(22)7-8-15(23)17(16)25-19/h7-10,26H,1-6H3,(H,24,25). The lowest BCUT2D eigenvalue weighted by atomic mass is 9.78. The van der Waals surface area contributed by atoms with E-state index in [1.807, 2.05) is 24.3 Å². The van der Waals surface area contributed by atoms with Gasteiger partial charge in [0.25, 0.3) is 0 Å². The van der Waals surface area contributed by atoms with E-state index in [4.69, 9.17) is 4.98 Å². The van der Waals surface area contributed by atoms with Crippen molar-refractivity contribution in [2.45, 2.75) is 52.4 Å². The number of aromatic nitrogens is 2. The summed E-state index contributed by atoms with van der Waals surface area (Å²) in [6.07, 6.45) is 0. The van der Waals surface area contributed by atoms with Crippen LogP contribution in [0.4, 0.5) is 0 Å². The molecule has 0 fully saturated rings. The fourth-order valence-corrected chi connectivity index (χ4v) is 3.92. The first-order valence-corrected chi connectivity index (χ1v) is 10.2. The monoisotopic (exact) mass is 478 g/mol. The fraction of sp³-hybridized carbons (Fsp3) is 0.381. The average Bonchev–Trinajstić information content (AvgIpc) is 2.95. The molecule has 5 heteroatoms. The number of hydrogen-bond acceptors (Lipinski definition) is 2. The maximum absolute atomic E-state index is 10.9. The lowest BCUT2D eigenvalue weighted by Gasteiger charge is -2.28. The van der Waals surface area contributed by atoms with Crippen molar-refractivity contribution in [1.82, 2.24) is 9.97 Å². The SMILES string of the molecule is CC(C)(C)c1cc(-c2nc3c(Br)ccc(Br)c3[nH]2)cc(C(C)(C)C)c1O. The van der Waals surface area contributed by atoms with Crippen molar-refractivity contribution in [1.29, 1.82) is 0 Å². The van der Waals surface area contributed by atoms with E-state index >= 15 is 0 Å². The summed E-state index contributed by atoms with van der Waals surface area (Å²) in [5.41, 5.74) is 4.33. The largest absolute Gasteiger partial charge is 0.507 e. The Bertz CT molecular complexity index is 918. The van der Waals surface area contributed by atoms with Gasteiger partial charge < -0.3 is 10.1 Å². The number of rotatable bonds is 1. The van der Waals surface area contributed by atoms with Crippen LogP contribution in [-0.4, -0.2) is 15.1 Å². The number of nitrogens with one attached hydrogen (secondary N) is 1. The zero-order valence-corrected chi connectivity index (χ0v) is 19.1. The second-order valence-electron chi connectivity index (χ2n) is 8.76. The van der Waals surface area contributed by atoms with E-state index in [9.17, 15) is 5.11 Å². The smallest absolute Gasteiger partial charge is 0.138 e. The molecule has 1 heterocycles. The lowest BCUT2D eigenvalue weighted by molar-refractivity contribution is 0.423. The molecule has 0 aliphatic carbocycles. The van der Waals surface area contributed by atoms with Crippen molar-refractivity contribution in [3.8, 4) is 17.1 Å². The van der Waals surface area contributed by atoms with Gasteiger partial charge in [-0.1, -0.05) is 41.5 Å². The van der Waals surface area contributed by atoms with E-state index in [1.54, 1.807) is 0 Å². The Labute approximate surface area is 171 Å². The van der Waals surface area contributed by atoms with Crippen LogP contribution in [-0.2, 0) is 10.8 Å². The number of nitrogens with zero attached hydrogens (tertiary/aromatic N) is 1. The summed E-state index contributed by atoms with van der Waals surface area (Å²) in [7, 11) is 0. The lowest BCUT2D eigenvalue weighted by Crippen LogP contribution is -2.17. The van der Waals surface area contributed by atoms with Crippen LogP contribution in [0.15, 0.2) is 33.2 Å². The third-order valence-electron chi connectivity index (χ3n) is 4.54. The molecule has 0 amide bonds. The van der Waals surface area contributed by atoms with Gasteiger partial charge in [0.2, 0.25) is 0 Å². The second kappa shape index (κ2) is 6.38. The van der Waals surface area contributed by atoms with E-state index in [1.165, 1.54) is 0 Å². The van der Waals surface area contributed by atoms with Crippen LogP contribution in [0, 0.1) is 0 Å². The minimum atomic E-state index is -0.173. The Morgan fingerprint density at radius 2 is 1.38 bits per heavy atom. The molecule has 1 aromatic heterocycles. The average molecular weight is 480 g/mol. The van der Waals surface area contributed by atoms with Crippen molar-refractivity contribution in [3.05, 3.63) is 44.3 Å². The number of phenols is 1. The third kappa shape index (κ3) is 3.44. The van der Waals surface area contributed by atoms with Crippen LogP contribution < -0.4 is 0 Å². The van der Waals surface area contributed by atoms with Crippen LogP contribution in [0.3, 0.4) is 0 Å². The number of H-pyrrole nitrogens is 1. The minimum Gasteiger partial charge on any atom is -0.507 e. The Balaban J connectivity index is 2.32. The molecule has 2 aromatic carbocycles. The molecule has 0 atom stereocenters. The molecule has 138 valence electrons. The number of aromatic hydroxyl groups is 1. The molecular weight excluding hydrogens is 456 g/mol. The molecule has 0 bridgehead atoms. The molecule has 0 unspecified atom stereocenters. The first kappa shape index (κ1) is 19.4. The maximum Gasteiger partial charge on any atom is 0.138 e. The number of phenolic OH excluding ortho intramolecular Hbond substituents is 1. The van der Waals surface area contributed by atoms with Crippen LogP contribution >= 0.6 is 31.9 Å². The first-order valence-electron chi connectivity index (χ1n) is 8.61. The highest BCUT2D eigenvalue weighted by atomic mass is 79.9. The van der Waals surface area contributed by atoms with Gasteiger partial charge in [0.15, 0.2) is 0 Å². The summed E-state index contributed by atoms with van der Waals surface area (Å²) < 4.78 is 1.92. The van der Waals surface area contributed by atoms with Gasteiger partial charge in [-0.3, -0.25) is 0 Å². The van der Waals surface area contributed by atoms with Crippen LogP contribution in [0.5, 0.6) is 5.75 Å². The number of fused-ring (bicyclic) bond motifs is 1. The molecule has 0 aliphatic heterocycles. The second-order valence-corrected chi connectivity index (χ2v) is 10.5. The molecule has 0 radical (unpaired) electrons. The molecule has 0 saturated heterocycles. The zero-order valence-electron chi connectivity index (χ0n) is 16.0. The molecule has 26 heavy (non-hydrogen) atoms. The topological polar surface area (TPSA) is 48.9 Å². The molecule has 0 saturated carbocycles. The van der Waals surface area contributed by atoms with E-state index in [2.05, 4.69) is 78.4 Å². The number of hydrogen-bond donors (Lipinski definition) is 2. The molecule has 3 aromatic rings. The van der Waals surface area contributed by atoms with Crippen molar-refractivity contribution in [2.24, 2.45) is 0 Å². The van der Waals surface area contributed by atoms with Gasteiger partial charge in [-0.15, -0.1) is 0 Å². The summed E-state index contributed by atoms with van der Waals surface area (Å²) in [4.78, 5) is 8.23. The van der Waals surface area contributed by atoms with Gasteiger partial charge in [-0.05, 0) is 67.0 Å². The predicted octanol–water partition coefficient (Wildman–Crippen LogP) is 7.06. The van der Waals surface area contributed by atoms with Crippen LogP contribution in [0.25, 0.3) is 22.4 Å². The number of halogens is 2. The number of benzene rings is 2. The summed E-state index contributed by atoms with van der Waals surface area (Å²) >= 11 is 7.17. The Kier molecular flexibility index (Phi) is 4.77. The van der Waals surface area contributed by atoms with Crippen molar-refractivity contribution in [2.75, 3.05) is 0 Å². The Morgan fingerprint density at radius 1 is 0.885 bits per heavy atom. The summed E-state index contributed by atoms with van der Waals surface area (Å²) in [5, 5.41) is 10.9. The quantitative estimate of drug-likeness (QED) is 0.392. The van der Waals surface area contributed by atoms with Gasteiger partial charge in [-0.25, -0.2) is 4.98 Å². The summed E-state index contributed by atoms with van der Waals surface area (Å²) in [5.74, 6) is 1.18. The van der Waals surface area contributed by atoms with Crippen molar-refractivity contribution < 1.29 is 5.11 Å². The Morgan fingerprint density at radius 3 is 1.85 bits per heavy atom. The predicted molar refractivity (Wildman–Crippen MR) is 116 cm³/mol. The number of aromatic amines is 1. The molecule has 2 N–H and O–H groups in total. The van der Waals surface area contributed by atoms with Crippen LogP contribution in [0.2, 0.25) is 0 Å². The number of imidazole rings is 1.